The van der Waals surface area contributed by atoms with Crippen molar-refractivity contribution in [1.82, 2.24) is 4.90 Å². The Kier molecular flexibility index (Phi) is 7.27. The van der Waals surface area contributed by atoms with Gasteiger partial charge in [-0.05, 0) is 34.4 Å². The number of nitrogens with zero attached hydrogens (tertiary/aromatic N) is 1. The summed E-state index contributed by atoms with van der Waals surface area (Å²) in [5.41, 5.74) is 3.59. The maximum absolute atomic E-state index is 15.3. The maximum Gasteiger partial charge on any atom is 0.344 e. The van der Waals surface area contributed by atoms with E-state index in [0.717, 1.165) is 22.4 Å². The number of carbonyl (C=O) groups is 2. The van der Waals surface area contributed by atoms with Crippen molar-refractivity contribution in [2.45, 2.75) is 12.3 Å². The van der Waals surface area contributed by atoms with Gasteiger partial charge in [0.25, 0.3) is 0 Å². The summed E-state index contributed by atoms with van der Waals surface area (Å²) in [5.74, 6) is -2.24. The number of carbonyl (C=O) groups excluding carboxylic acids is 2. The molecule has 6 nitrogen and oxygen atoms in total. The van der Waals surface area contributed by atoms with E-state index in [4.69, 9.17) is 14.2 Å². The van der Waals surface area contributed by atoms with Crippen LogP contribution in [-0.4, -0.2) is 44.8 Å². The van der Waals surface area contributed by atoms with Gasteiger partial charge in [0.05, 0.1) is 12.8 Å². The average Bonchev–Trinajstić information content (AvgIpc) is 2.88. The third-order valence-corrected chi connectivity index (χ3v) is 6.02. The van der Waals surface area contributed by atoms with Crippen LogP contribution in [-0.2, 0) is 14.3 Å². The number of esters is 1. The van der Waals surface area contributed by atoms with Gasteiger partial charge in [-0.25, -0.2) is 9.18 Å². The highest BCUT2D eigenvalue weighted by Crippen LogP contribution is 2.46. The molecule has 0 saturated heterocycles. The van der Waals surface area contributed by atoms with E-state index in [9.17, 15) is 9.59 Å². The predicted octanol–water partition coefficient (Wildman–Crippen LogP) is 5.11. The van der Waals surface area contributed by atoms with Gasteiger partial charge in [0.15, 0.2) is 6.79 Å². The number of benzene rings is 3. The van der Waals surface area contributed by atoms with Crippen LogP contribution >= 0.6 is 0 Å². The van der Waals surface area contributed by atoms with E-state index in [1.54, 1.807) is 18.0 Å². The topological polar surface area (TPSA) is 65.1 Å². The summed E-state index contributed by atoms with van der Waals surface area (Å²) in [6, 6.07) is 22.2. The van der Waals surface area contributed by atoms with Gasteiger partial charge >= 0.3 is 5.97 Å². The summed E-state index contributed by atoms with van der Waals surface area (Å²) >= 11 is 0. The van der Waals surface area contributed by atoms with Crippen molar-refractivity contribution in [3.05, 3.63) is 101 Å². The van der Waals surface area contributed by atoms with Gasteiger partial charge in [-0.1, -0.05) is 60.7 Å². The zero-order chi connectivity index (χ0) is 24.9. The fourth-order valence-electron chi connectivity index (χ4n) is 4.41. The second-order valence-corrected chi connectivity index (χ2v) is 8.12. The molecule has 0 aromatic heterocycles. The van der Waals surface area contributed by atoms with Crippen molar-refractivity contribution in [2.24, 2.45) is 0 Å². The molecule has 0 N–H and O–H groups in total. The number of hydrogen-bond acceptors (Lipinski definition) is 5. The molecule has 1 heterocycles. The molecule has 3 aromatic carbocycles. The van der Waals surface area contributed by atoms with E-state index in [2.05, 4.69) is 0 Å². The molecule has 1 unspecified atom stereocenters. The Morgan fingerprint density at radius 1 is 1.00 bits per heavy atom. The molecule has 0 aliphatic carbocycles. The molecule has 1 atom stereocenters. The molecule has 3 aromatic rings. The van der Waals surface area contributed by atoms with E-state index in [1.807, 2.05) is 60.7 Å². The summed E-state index contributed by atoms with van der Waals surface area (Å²) in [6.07, 6.45) is 0.123. The molecule has 1 aliphatic heterocycles. The van der Waals surface area contributed by atoms with E-state index in [0.29, 0.717) is 5.56 Å². The van der Waals surface area contributed by atoms with E-state index >= 15 is 4.39 Å². The summed E-state index contributed by atoms with van der Waals surface area (Å²) < 4.78 is 30.6. The van der Waals surface area contributed by atoms with Crippen molar-refractivity contribution in [3.8, 4) is 5.75 Å². The summed E-state index contributed by atoms with van der Waals surface area (Å²) in [5, 5.41) is 0. The standard InChI is InChI=1S/C28H26FNO5/c1-30-24(31)16-21(20-14-22(29)26(28(32)34-3)23(15-20)35-17-33-2)25(18-10-6-4-7-11-18)27(30)19-12-8-5-9-13-19/h4-15,21H,16-17H2,1-3H3. The van der Waals surface area contributed by atoms with E-state index in [-0.39, 0.29) is 30.4 Å². The van der Waals surface area contributed by atoms with Gasteiger partial charge in [-0.2, -0.15) is 0 Å². The molecule has 0 spiro atoms. The molecule has 1 amide bonds. The molecule has 1 aliphatic rings. The summed E-state index contributed by atoms with van der Waals surface area (Å²) in [7, 11) is 4.35. The number of amides is 1. The number of hydrogen-bond donors (Lipinski definition) is 0. The lowest BCUT2D eigenvalue weighted by atomic mass is 9.78. The third-order valence-electron chi connectivity index (χ3n) is 6.02. The smallest absolute Gasteiger partial charge is 0.344 e. The lowest BCUT2D eigenvalue weighted by molar-refractivity contribution is -0.127. The molecule has 4 rings (SSSR count). The number of allylic oxidation sites excluding steroid dienone is 1. The van der Waals surface area contributed by atoms with Crippen LogP contribution in [0.1, 0.15) is 39.4 Å². The van der Waals surface area contributed by atoms with Gasteiger partial charge in [-0.3, -0.25) is 4.79 Å². The largest absolute Gasteiger partial charge is 0.467 e. The lowest BCUT2D eigenvalue weighted by Gasteiger charge is -2.35. The van der Waals surface area contributed by atoms with Crippen molar-refractivity contribution in [2.75, 3.05) is 28.1 Å². The van der Waals surface area contributed by atoms with Gasteiger partial charge in [0.2, 0.25) is 5.91 Å². The third kappa shape index (κ3) is 4.81. The van der Waals surface area contributed by atoms with Crippen molar-refractivity contribution >= 4 is 23.1 Å². The summed E-state index contributed by atoms with van der Waals surface area (Å²) in [6.45, 7) is -0.185. The Balaban J connectivity index is 1.97. The lowest BCUT2D eigenvalue weighted by Crippen LogP contribution is -2.33. The summed E-state index contributed by atoms with van der Waals surface area (Å²) in [4.78, 5) is 27.1. The van der Waals surface area contributed by atoms with Gasteiger partial charge in [0.1, 0.15) is 17.1 Å². The minimum Gasteiger partial charge on any atom is -0.467 e. The van der Waals surface area contributed by atoms with Gasteiger partial charge < -0.3 is 19.1 Å². The molecule has 7 heteroatoms. The van der Waals surface area contributed by atoms with Gasteiger partial charge in [-0.15, -0.1) is 0 Å². The normalized spacial score (nSPS) is 15.8. The SMILES string of the molecule is COCOc1cc(C2CC(=O)N(C)C(c3ccccc3)=C2c2ccccc2)cc(F)c1C(=O)OC. The number of ether oxygens (including phenoxy) is 3. The van der Waals surface area contributed by atoms with E-state index in [1.165, 1.54) is 20.3 Å². The molecular formula is C28H26FNO5. The maximum atomic E-state index is 15.3. The molecular weight excluding hydrogens is 449 g/mol. The number of rotatable bonds is 7. The Bertz CT molecular complexity index is 1260. The zero-order valence-corrected chi connectivity index (χ0v) is 19.8. The fraction of sp³-hybridized carbons (Fsp3) is 0.214. The van der Waals surface area contributed by atoms with Crippen LogP contribution in [0.4, 0.5) is 4.39 Å². The Morgan fingerprint density at radius 2 is 1.63 bits per heavy atom. The minimum absolute atomic E-state index is 0.00579. The van der Waals surface area contributed by atoms with Crippen molar-refractivity contribution < 1.29 is 28.2 Å². The highest BCUT2D eigenvalue weighted by molar-refractivity contribution is 6.04. The monoisotopic (exact) mass is 475 g/mol. The highest BCUT2D eigenvalue weighted by atomic mass is 19.1. The predicted molar refractivity (Wildman–Crippen MR) is 130 cm³/mol. The quantitative estimate of drug-likeness (QED) is 0.351. The second kappa shape index (κ2) is 10.5. The first-order valence-electron chi connectivity index (χ1n) is 11.1. The average molecular weight is 476 g/mol. The molecule has 0 saturated carbocycles. The molecule has 0 radical (unpaired) electrons. The second-order valence-electron chi connectivity index (χ2n) is 8.12. The van der Waals surface area contributed by atoms with Crippen molar-refractivity contribution in [1.29, 1.82) is 0 Å². The van der Waals surface area contributed by atoms with Gasteiger partial charge in [0, 0.05) is 26.5 Å². The molecule has 0 fully saturated rings. The first-order valence-corrected chi connectivity index (χ1v) is 11.1. The number of methoxy groups -OCH3 is 2. The van der Waals surface area contributed by atoms with E-state index < -0.39 is 17.7 Å². The van der Waals surface area contributed by atoms with Crippen LogP contribution in [0.2, 0.25) is 0 Å². The number of halogens is 1. The minimum atomic E-state index is -0.858. The van der Waals surface area contributed by atoms with Crippen LogP contribution in [0.3, 0.4) is 0 Å². The van der Waals surface area contributed by atoms with Crippen LogP contribution in [0, 0.1) is 5.82 Å². The highest BCUT2D eigenvalue weighted by Gasteiger charge is 2.35. The van der Waals surface area contributed by atoms with Crippen molar-refractivity contribution in [3.63, 3.8) is 0 Å². The Labute approximate surface area is 203 Å². The molecule has 0 bridgehead atoms. The first-order chi connectivity index (χ1) is 17.0. The fourth-order valence-corrected chi connectivity index (χ4v) is 4.41. The first kappa shape index (κ1) is 24.2. The Hall–Kier alpha value is -3.97. The zero-order valence-electron chi connectivity index (χ0n) is 19.8. The van der Waals surface area contributed by atoms with Crippen LogP contribution in [0.15, 0.2) is 72.8 Å². The van der Waals surface area contributed by atoms with Crippen LogP contribution < -0.4 is 4.74 Å². The Morgan fingerprint density at radius 3 is 2.23 bits per heavy atom. The molecule has 180 valence electrons. The molecule has 35 heavy (non-hydrogen) atoms. The van der Waals surface area contributed by atoms with Crippen LogP contribution in [0.25, 0.3) is 11.3 Å². The van der Waals surface area contributed by atoms with Crippen LogP contribution in [0.5, 0.6) is 5.75 Å².